The number of amides is 2. The Morgan fingerprint density at radius 2 is 1.63 bits per heavy atom. The number of hydrogen-bond donors (Lipinski definition) is 3. The molecule has 2 rings (SSSR count). The van der Waals surface area contributed by atoms with Gasteiger partial charge < -0.3 is 16.4 Å². The number of alkyl halides is 6. The molecule has 0 atom stereocenters. The van der Waals surface area contributed by atoms with E-state index in [2.05, 4.69) is 0 Å². The van der Waals surface area contributed by atoms with Crippen LogP contribution in [-0.2, 0) is 17.6 Å². The molecule has 0 unspecified atom stereocenters. The van der Waals surface area contributed by atoms with Crippen LogP contribution in [-0.4, -0.2) is 29.8 Å². The molecule has 1 aromatic rings. The Hall–Kier alpha value is -1.98. The molecule has 0 saturated heterocycles. The van der Waals surface area contributed by atoms with E-state index in [1.807, 2.05) is 0 Å². The minimum atomic E-state index is -5.94. The molecule has 4 N–H and O–H groups in total. The normalized spacial score (nSPS) is 15.2. The van der Waals surface area contributed by atoms with E-state index in [0.717, 1.165) is 12.2 Å². The van der Waals surface area contributed by atoms with E-state index in [4.69, 9.17) is 5.73 Å². The number of nitrogens with two attached hydrogens (primary N) is 1. The molecule has 1 aromatic heterocycles. The topological polar surface area (TPSA) is 84.2 Å². The molecule has 0 fully saturated rings. The number of fused-ring (bicyclic) bond motifs is 1. The van der Waals surface area contributed by atoms with Crippen LogP contribution in [0.3, 0.4) is 0 Å². The fraction of sp³-hybridized carbons (Fsp3) is 0.600. The molecule has 1 aliphatic rings. The Morgan fingerprint density at radius 1 is 1.07 bits per heavy atom. The number of carbonyl (C=O) groups excluding carboxylic acids is 2. The lowest BCUT2D eigenvalue weighted by Gasteiger charge is -2.38. The van der Waals surface area contributed by atoms with Gasteiger partial charge in [0.25, 0.3) is 5.91 Å². The summed E-state index contributed by atoms with van der Waals surface area (Å²) in [7, 11) is 0. The van der Waals surface area contributed by atoms with E-state index >= 15 is 0 Å². The first-order valence-electron chi connectivity index (χ1n) is 8.01. The largest absolute Gasteiger partial charge is 0.439 e. The van der Waals surface area contributed by atoms with Crippen molar-refractivity contribution in [1.29, 1.82) is 0 Å². The number of halogens is 6. The predicted molar refractivity (Wildman–Crippen MR) is 86.4 cm³/mol. The van der Waals surface area contributed by atoms with Crippen LogP contribution in [0.25, 0.3) is 0 Å². The van der Waals surface area contributed by atoms with Crippen LogP contribution in [0.2, 0.25) is 0 Å². The lowest BCUT2D eigenvalue weighted by atomic mass is 9.95. The number of nitrogens with one attached hydrogen (secondary N) is 2. The van der Waals surface area contributed by atoms with Gasteiger partial charge in [0.05, 0.1) is 5.56 Å². The van der Waals surface area contributed by atoms with Crippen molar-refractivity contribution in [3.63, 3.8) is 0 Å². The van der Waals surface area contributed by atoms with E-state index in [0.29, 0.717) is 47.5 Å². The van der Waals surface area contributed by atoms with E-state index in [9.17, 15) is 35.9 Å². The number of thiophene rings is 1. The van der Waals surface area contributed by atoms with Crippen molar-refractivity contribution in [3.05, 3.63) is 16.0 Å². The smallest absolute Gasteiger partial charge is 0.365 e. The molecule has 0 aromatic carbocycles. The molecular formula is C15H17F6N3O2S. The second kappa shape index (κ2) is 7.21. The van der Waals surface area contributed by atoms with Crippen LogP contribution in [0.1, 0.15) is 47.0 Å². The van der Waals surface area contributed by atoms with Crippen molar-refractivity contribution >= 4 is 28.2 Å². The summed E-state index contributed by atoms with van der Waals surface area (Å²) in [5.74, 6) is -2.59. The average molecular weight is 417 g/mol. The highest BCUT2D eigenvalue weighted by molar-refractivity contribution is 7.16. The summed E-state index contributed by atoms with van der Waals surface area (Å²) in [5, 5.41) is 1.74. The quantitative estimate of drug-likeness (QED) is 0.507. The zero-order chi connectivity index (χ0) is 20.6. The molecule has 5 nitrogen and oxygen atoms in total. The van der Waals surface area contributed by atoms with Gasteiger partial charge in [-0.25, -0.2) is 0 Å². The third kappa shape index (κ3) is 3.85. The Balaban J connectivity index is 2.64. The van der Waals surface area contributed by atoms with E-state index in [-0.39, 0.29) is 0 Å². The number of primary amides is 1. The summed E-state index contributed by atoms with van der Waals surface area (Å²) in [6.07, 6.45) is -10.4. The maximum absolute atomic E-state index is 13.6. The lowest BCUT2D eigenvalue weighted by molar-refractivity contribution is -0.295. The van der Waals surface area contributed by atoms with Crippen LogP contribution in [0.15, 0.2) is 0 Å². The molecular weight excluding hydrogens is 400 g/mol. The van der Waals surface area contributed by atoms with Gasteiger partial charge in [-0.2, -0.15) is 26.3 Å². The fourth-order valence-corrected chi connectivity index (χ4v) is 4.21. The van der Waals surface area contributed by atoms with Crippen LogP contribution < -0.4 is 16.4 Å². The van der Waals surface area contributed by atoms with E-state index in [1.54, 1.807) is 0 Å². The van der Waals surface area contributed by atoms with Gasteiger partial charge in [0.15, 0.2) is 0 Å². The van der Waals surface area contributed by atoms with Gasteiger partial charge in [-0.3, -0.25) is 9.59 Å². The van der Waals surface area contributed by atoms with Crippen LogP contribution >= 0.6 is 11.3 Å². The lowest BCUT2D eigenvalue weighted by Crippen LogP contribution is -2.72. The number of hydrogen-bond acceptors (Lipinski definition) is 4. The number of aryl methyl sites for hydroxylation is 1. The average Bonchev–Trinajstić information content (AvgIpc) is 2.89. The molecule has 0 aliphatic heterocycles. The molecule has 0 saturated carbocycles. The molecule has 152 valence electrons. The van der Waals surface area contributed by atoms with Crippen molar-refractivity contribution in [2.45, 2.75) is 57.0 Å². The third-order valence-electron chi connectivity index (χ3n) is 4.22. The molecule has 2 amide bonds. The van der Waals surface area contributed by atoms with Gasteiger partial charge in [-0.15, -0.1) is 11.3 Å². The second-order valence-electron chi connectivity index (χ2n) is 6.05. The molecule has 0 radical (unpaired) electrons. The molecule has 1 aliphatic carbocycles. The summed E-state index contributed by atoms with van der Waals surface area (Å²) < 4.78 is 81.4. The minimum absolute atomic E-state index is 0.331. The fourth-order valence-electron chi connectivity index (χ4n) is 2.86. The first-order chi connectivity index (χ1) is 12.3. The van der Waals surface area contributed by atoms with Gasteiger partial charge >= 0.3 is 18.0 Å². The van der Waals surface area contributed by atoms with Gasteiger partial charge in [0, 0.05) is 11.3 Å². The van der Waals surface area contributed by atoms with Crippen LogP contribution in [0, 0.1) is 0 Å². The Morgan fingerprint density at radius 3 is 2.11 bits per heavy atom. The van der Waals surface area contributed by atoms with Crippen molar-refractivity contribution < 1.29 is 35.9 Å². The predicted octanol–water partition coefficient (Wildman–Crippen LogP) is 3.48. The number of anilines is 1. The van der Waals surface area contributed by atoms with Crippen LogP contribution in [0.5, 0.6) is 0 Å². The summed E-state index contributed by atoms with van der Waals surface area (Å²) in [4.78, 5) is 23.8. The standard InChI is InChI=1S/C15H17F6N3O2S/c1-2-9(25)23-13(14(16,17)18,15(19,20)21)24-12-10(11(22)26)7-5-3-4-6-8(7)27-12/h24H,2-6H2,1H3,(H2,22,26)(H,23,25). The van der Waals surface area contributed by atoms with Gasteiger partial charge in [0.1, 0.15) is 5.00 Å². The molecule has 12 heteroatoms. The van der Waals surface area contributed by atoms with E-state index in [1.165, 1.54) is 5.32 Å². The second-order valence-corrected chi connectivity index (χ2v) is 7.16. The Kier molecular flexibility index (Phi) is 5.69. The molecule has 0 spiro atoms. The third-order valence-corrected chi connectivity index (χ3v) is 5.42. The van der Waals surface area contributed by atoms with Gasteiger partial charge in [-0.05, 0) is 31.2 Å². The highest BCUT2D eigenvalue weighted by atomic mass is 32.1. The maximum atomic E-state index is 13.6. The summed E-state index contributed by atoms with van der Waals surface area (Å²) >= 11 is 0.621. The molecule has 27 heavy (non-hydrogen) atoms. The zero-order valence-electron chi connectivity index (χ0n) is 14.1. The van der Waals surface area contributed by atoms with Crippen molar-refractivity contribution in [1.82, 2.24) is 5.32 Å². The number of carbonyl (C=O) groups is 2. The summed E-state index contributed by atoms with van der Waals surface area (Å²) in [5.41, 5.74) is 0.452. The highest BCUT2D eigenvalue weighted by Gasteiger charge is 2.72. The highest BCUT2D eigenvalue weighted by Crippen LogP contribution is 2.47. The first-order valence-corrected chi connectivity index (χ1v) is 8.82. The van der Waals surface area contributed by atoms with Crippen molar-refractivity contribution in [2.75, 3.05) is 5.32 Å². The molecule has 1 heterocycles. The summed E-state index contributed by atoms with van der Waals surface area (Å²) in [6, 6.07) is 0. The minimum Gasteiger partial charge on any atom is -0.365 e. The molecule has 0 bridgehead atoms. The Labute approximate surface area is 154 Å². The number of rotatable bonds is 5. The Bertz CT molecular complexity index is 727. The van der Waals surface area contributed by atoms with Gasteiger partial charge in [0.2, 0.25) is 5.91 Å². The SMILES string of the molecule is CCC(=O)NC(Nc1sc2c(c1C(N)=O)CCCC2)(C(F)(F)F)C(F)(F)F. The van der Waals surface area contributed by atoms with Gasteiger partial charge in [-0.1, -0.05) is 6.92 Å². The van der Waals surface area contributed by atoms with Crippen LogP contribution in [0.4, 0.5) is 31.3 Å². The first kappa shape index (κ1) is 21.3. The monoisotopic (exact) mass is 417 g/mol. The zero-order valence-corrected chi connectivity index (χ0v) is 14.9. The summed E-state index contributed by atoms with van der Waals surface area (Å²) in [6.45, 7) is 1.12. The van der Waals surface area contributed by atoms with Crippen molar-refractivity contribution in [2.24, 2.45) is 5.73 Å². The van der Waals surface area contributed by atoms with E-state index < -0.39 is 46.8 Å². The maximum Gasteiger partial charge on any atom is 0.439 e. The van der Waals surface area contributed by atoms with Crippen molar-refractivity contribution in [3.8, 4) is 0 Å².